The zero-order chi connectivity index (χ0) is 22.1. The number of esters is 2. The molecular weight excluding hydrogens is 474 g/mol. The third-order valence-electron chi connectivity index (χ3n) is 4.54. The number of benzene rings is 2. The van der Waals surface area contributed by atoms with Crippen molar-refractivity contribution in [2.45, 2.75) is 24.5 Å². The Morgan fingerprint density at radius 1 is 1.13 bits per heavy atom. The van der Waals surface area contributed by atoms with E-state index in [1.807, 2.05) is 0 Å². The molecule has 158 valence electrons. The van der Waals surface area contributed by atoms with Gasteiger partial charge in [-0.3, -0.25) is 4.79 Å². The summed E-state index contributed by atoms with van der Waals surface area (Å²) in [6.45, 7) is 3.07. The minimum absolute atomic E-state index is 0.132. The van der Waals surface area contributed by atoms with Gasteiger partial charge in [-0.25, -0.2) is 13.2 Å². The maximum atomic E-state index is 13.0. The average Bonchev–Trinajstić information content (AvgIpc) is 2.93. The summed E-state index contributed by atoms with van der Waals surface area (Å²) < 4.78 is 38.5. The molecule has 0 saturated heterocycles. The van der Waals surface area contributed by atoms with Crippen LogP contribution in [0.5, 0.6) is 5.75 Å². The fourth-order valence-electron chi connectivity index (χ4n) is 3.21. The third kappa shape index (κ3) is 4.27. The van der Waals surface area contributed by atoms with Crippen molar-refractivity contribution in [2.24, 2.45) is 7.05 Å². The molecule has 0 N–H and O–H groups in total. The van der Waals surface area contributed by atoms with Crippen LogP contribution in [0.25, 0.3) is 10.9 Å². The highest BCUT2D eigenvalue weighted by atomic mass is 79.9. The number of aryl methyl sites for hydroxylation is 1. The molecule has 0 aliphatic rings. The highest BCUT2D eigenvalue weighted by Gasteiger charge is 2.28. The Bertz CT molecular complexity index is 1230. The second-order valence-electron chi connectivity index (χ2n) is 6.57. The molecule has 1 aromatic heterocycles. The zero-order valence-corrected chi connectivity index (χ0v) is 19.0. The highest BCUT2D eigenvalue weighted by molar-refractivity contribution is 9.10. The Morgan fingerprint density at radius 2 is 1.80 bits per heavy atom. The maximum absolute atomic E-state index is 13.0. The van der Waals surface area contributed by atoms with Gasteiger partial charge in [0.1, 0.15) is 5.75 Å². The SMILES string of the molecule is CCOC(=O)c1c(CS(=O)(=O)c2ccccc2)n(C)c2cc(Br)c(OC(C)=O)cc12. The van der Waals surface area contributed by atoms with Gasteiger partial charge < -0.3 is 14.0 Å². The number of aromatic nitrogens is 1. The summed E-state index contributed by atoms with van der Waals surface area (Å²) in [5.74, 6) is -1.33. The second-order valence-corrected chi connectivity index (χ2v) is 9.41. The van der Waals surface area contributed by atoms with E-state index >= 15 is 0 Å². The van der Waals surface area contributed by atoms with E-state index in [1.165, 1.54) is 25.1 Å². The lowest BCUT2D eigenvalue weighted by molar-refractivity contribution is -0.131. The van der Waals surface area contributed by atoms with Gasteiger partial charge in [0.15, 0.2) is 9.84 Å². The summed E-state index contributed by atoms with van der Waals surface area (Å²) in [7, 11) is -2.04. The lowest BCUT2D eigenvalue weighted by atomic mass is 10.1. The molecule has 0 bridgehead atoms. The lowest BCUT2D eigenvalue weighted by Gasteiger charge is -2.09. The molecule has 3 aromatic rings. The van der Waals surface area contributed by atoms with Gasteiger partial charge >= 0.3 is 11.9 Å². The molecule has 30 heavy (non-hydrogen) atoms. The molecule has 0 unspecified atom stereocenters. The highest BCUT2D eigenvalue weighted by Crippen LogP contribution is 2.36. The van der Waals surface area contributed by atoms with Crippen LogP contribution in [0.4, 0.5) is 0 Å². The predicted octanol–water partition coefficient (Wildman–Crippen LogP) is 4.02. The Balaban J connectivity index is 2.24. The van der Waals surface area contributed by atoms with Gasteiger partial charge in [-0.05, 0) is 47.1 Å². The average molecular weight is 494 g/mol. The summed E-state index contributed by atoms with van der Waals surface area (Å²) >= 11 is 3.35. The number of carbonyl (C=O) groups is 2. The number of ether oxygens (including phenoxy) is 2. The molecule has 0 radical (unpaired) electrons. The van der Waals surface area contributed by atoms with Crippen LogP contribution in [-0.4, -0.2) is 31.5 Å². The number of hydrogen-bond donors (Lipinski definition) is 0. The molecule has 0 saturated carbocycles. The first kappa shape index (κ1) is 22.0. The van der Waals surface area contributed by atoms with Gasteiger partial charge in [0.25, 0.3) is 0 Å². The third-order valence-corrected chi connectivity index (χ3v) is 6.80. The standard InChI is InChI=1S/C21H20BrNO6S/c1-4-28-21(25)20-15-10-19(29-13(2)24)16(22)11-17(15)23(3)18(20)12-30(26,27)14-8-6-5-7-9-14/h5-11H,4,12H2,1-3H3. The molecule has 0 aliphatic carbocycles. The minimum Gasteiger partial charge on any atom is -0.462 e. The van der Waals surface area contributed by atoms with Crippen LogP contribution in [-0.2, 0) is 32.2 Å². The van der Waals surface area contributed by atoms with Crippen LogP contribution in [0.2, 0.25) is 0 Å². The van der Waals surface area contributed by atoms with E-state index in [4.69, 9.17) is 9.47 Å². The second kappa shape index (κ2) is 8.61. The number of carbonyl (C=O) groups excluding carboxylic acids is 2. The van der Waals surface area contributed by atoms with Crippen molar-refractivity contribution in [3.05, 3.63) is 58.2 Å². The van der Waals surface area contributed by atoms with Gasteiger partial charge in [0, 0.05) is 25.1 Å². The number of hydrogen-bond acceptors (Lipinski definition) is 6. The summed E-state index contributed by atoms with van der Waals surface area (Å²) in [5, 5.41) is 0.439. The number of sulfone groups is 1. The van der Waals surface area contributed by atoms with Crippen molar-refractivity contribution < 1.29 is 27.5 Å². The molecule has 0 amide bonds. The molecule has 0 spiro atoms. The number of nitrogens with zero attached hydrogens (tertiary/aromatic N) is 1. The monoisotopic (exact) mass is 493 g/mol. The first-order valence-electron chi connectivity index (χ1n) is 9.09. The number of fused-ring (bicyclic) bond motifs is 1. The van der Waals surface area contributed by atoms with Crippen LogP contribution in [0.1, 0.15) is 29.9 Å². The Kier molecular flexibility index (Phi) is 6.33. The first-order chi connectivity index (χ1) is 14.2. The van der Waals surface area contributed by atoms with Crippen molar-refractivity contribution >= 4 is 48.6 Å². The van der Waals surface area contributed by atoms with Gasteiger partial charge in [-0.2, -0.15) is 0 Å². The molecular formula is C21H20BrNO6S. The first-order valence-corrected chi connectivity index (χ1v) is 11.5. The van der Waals surface area contributed by atoms with Gasteiger partial charge in [-0.15, -0.1) is 0 Å². The molecule has 2 aromatic carbocycles. The maximum Gasteiger partial charge on any atom is 0.340 e. The predicted molar refractivity (Wildman–Crippen MR) is 115 cm³/mol. The Labute approximate surface area is 182 Å². The van der Waals surface area contributed by atoms with Crippen molar-refractivity contribution in [1.82, 2.24) is 4.57 Å². The Hall–Kier alpha value is -2.65. The van der Waals surface area contributed by atoms with Crippen LogP contribution >= 0.6 is 15.9 Å². The van der Waals surface area contributed by atoms with E-state index < -0.39 is 27.5 Å². The summed E-state index contributed by atoms with van der Waals surface area (Å²) in [6, 6.07) is 11.2. The van der Waals surface area contributed by atoms with Crippen molar-refractivity contribution in [2.75, 3.05) is 6.61 Å². The van der Waals surface area contributed by atoms with Gasteiger partial charge in [0.2, 0.25) is 0 Å². The van der Waals surface area contributed by atoms with Crippen molar-refractivity contribution in [3.63, 3.8) is 0 Å². The van der Waals surface area contributed by atoms with Crippen LogP contribution < -0.4 is 4.74 Å². The van der Waals surface area contributed by atoms with E-state index in [0.717, 1.165) is 0 Å². The number of halogens is 1. The van der Waals surface area contributed by atoms with E-state index in [-0.39, 0.29) is 22.8 Å². The lowest BCUT2D eigenvalue weighted by Crippen LogP contribution is -2.13. The van der Waals surface area contributed by atoms with Crippen molar-refractivity contribution in [1.29, 1.82) is 0 Å². The smallest absolute Gasteiger partial charge is 0.340 e. The van der Waals surface area contributed by atoms with Crippen molar-refractivity contribution in [3.8, 4) is 5.75 Å². The Morgan fingerprint density at radius 3 is 2.40 bits per heavy atom. The minimum atomic E-state index is -3.72. The van der Waals surface area contributed by atoms with Crippen LogP contribution in [0, 0.1) is 0 Å². The van der Waals surface area contributed by atoms with E-state index in [9.17, 15) is 18.0 Å². The van der Waals surface area contributed by atoms with E-state index in [2.05, 4.69) is 15.9 Å². The van der Waals surface area contributed by atoms with E-state index in [0.29, 0.717) is 21.1 Å². The van der Waals surface area contributed by atoms with Crippen LogP contribution in [0.3, 0.4) is 0 Å². The molecule has 1 heterocycles. The summed E-state index contributed by atoms with van der Waals surface area (Å²) in [6.07, 6.45) is 0. The van der Waals surface area contributed by atoms with E-state index in [1.54, 1.807) is 42.8 Å². The number of rotatable bonds is 6. The molecule has 9 heteroatoms. The fraction of sp³-hybridized carbons (Fsp3) is 0.238. The molecule has 0 fully saturated rings. The topological polar surface area (TPSA) is 91.7 Å². The molecule has 3 rings (SSSR count). The quantitative estimate of drug-likeness (QED) is 0.380. The largest absolute Gasteiger partial charge is 0.462 e. The zero-order valence-electron chi connectivity index (χ0n) is 16.6. The summed E-state index contributed by atoms with van der Waals surface area (Å²) in [4.78, 5) is 24.4. The van der Waals surface area contributed by atoms with Crippen LogP contribution in [0.15, 0.2) is 51.8 Å². The van der Waals surface area contributed by atoms with Gasteiger partial charge in [-0.1, -0.05) is 18.2 Å². The molecule has 0 atom stereocenters. The molecule has 7 nitrogen and oxygen atoms in total. The summed E-state index contributed by atoms with van der Waals surface area (Å²) in [5.41, 5.74) is 1.02. The van der Waals surface area contributed by atoms with Gasteiger partial charge in [0.05, 0.1) is 32.8 Å². The normalized spacial score (nSPS) is 11.5. The molecule has 0 aliphatic heterocycles. The fourth-order valence-corrected chi connectivity index (χ4v) is 5.06.